The van der Waals surface area contributed by atoms with Crippen molar-refractivity contribution in [3.8, 4) is 0 Å². The number of benzene rings is 1. The Kier molecular flexibility index (Phi) is 2.91. The van der Waals surface area contributed by atoms with Gasteiger partial charge in [-0.3, -0.25) is 4.98 Å². The molecule has 0 aliphatic heterocycles. The molecule has 0 radical (unpaired) electrons. The molecule has 2 heterocycles. The van der Waals surface area contributed by atoms with Crippen molar-refractivity contribution in [2.24, 2.45) is 0 Å². The number of rotatable bonds is 2. The van der Waals surface area contributed by atoms with Gasteiger partial charge in [0.15, 0.2) is 0 Å². The van der Waals surface area contributed by atoms with E-state index < -0.39 is 0 Å². The number of hydrogen-bond acceptors (Lipinski definition) is 3. The van der Waals surface area contributed by atoms with E-state index in [9.17, 15) is 0 Å². The molecule has 17 heavy (non-hydrogen) atoms. The molecule has 0 fully saturated rings. The van der Waals surface area contributed by atoms with Gasteiger partial charge in [-0.25, -0.2) is 4.98 Å². The molecule has 0 aliphatic carbocycles. The number of pyridine rings is 1. The lowest BCUT2D eigenvalue weighted by Gasteiger charge is -2.03. The quantitative estimate of drug-likeness (QED) is 0.714. The predicted octanol–water partition coefficient (Wildman–Crippen LogP) is 4.04. The van der Waals surface area contributed by atoms with E-state index in [-0.39, 0.29) is 0 Å². The number of aromatic nitrogens is 2. The van der Waals surface area contributed by atoms with Crippen molar-refractivity contribution in [3.05, 3.63) is 57.1 Å². The number of nitrogens with zero attached hydrogens (tertiary/aromatic N) is 2. The van der Waals surface area contributed by atoms with Gasteiger partial charge in [-0.2, -0.15) is 0 Å². The van der Waals surface area contributed by atoms with Crippen LogP contribution in [0, 0.1) is 0 Å². The lowest BCUT2D eigenvalue weighted by Crippen LogP contribution is -1.90. The monoisotopic (exact) mass is 304 g/mol. The summed E-state index contributed by atoms with van der Waals surface area (Å²) in [5, 5.41) is 4.34. The molecule has 84 valence electrons. The van der Waals surface area contributed by atoms with Crippen LogP contribution in [0.1, 0.15) is 10.6 Å². The standard InChI is InChI=1S/C13H9BrN2S/c14-12-8-17-13(16-12)7-9-5-6-15-11-4-2-1-3-10(9)11/h1-6,8H,7H2. The third-order valence-electron chi connectivity index (χ3n) is 2.60. The maximum absolute atomic E-state index is 4.43. The predicted molar refractivity (Wildman–Crippen MR) is 74.4 cm³/mol. The Bertz CT molecular complexity index is 658. The van der Waals surface area contributed by atoms with Crippen molar-refractivity contribution in [2.45, 2.75) is 6.42 Å². The van der Waals surface area contributed by atoms with E-state index in [0.29, 0.717) is 0 Å². The molecule has 0 bridgehead atoms. The summed E-state index contributed by atoms with van der Waals surface area (Å²) < 4.78 is 0.913. The Balaban J connectivity index is 2.05. The van der Waals surface area contributed by atoms with Crippen molar-refractivity contribution in [1.82, 2.24) is 9.97 Å². The Hall–Kier alpha value is -1.26. The molecule has 3 rings (SSSR count). The molecule has 0 saturated heterocycles. The largest absolute Gasteiger partial charge is 0.256 e. The lowest BCUT2D eigenvalue weighted by molar-refractivity contribution is 1.13. The highest BCUT2D eigenvalue weighted by atomic mass is 79.9. The van der Waals surface area contributed by atoms with Crippen molar-refractivity contribution in [2.75, 3.05) is 0 Å². The van der Waals surface area contributed by atoms with E-state index in [1.54, 1.807) is 11.3 Å². The SMILES string of the molecule is Brc1csc(Cc2ccnc3ccccc23)n1. The van der Waals surface area contributed by atoms with Gasteiger partial charge in [0.2, 0.25) is 0 Å². The molecule has 0 aliphatic rings. The molecule has 1 aromatic carbocycles. The molecule has 0 spiro atoms. The van der Waals surface area contributed by atoms with Crippen LogP contribution in [0.5, 0.6) is 0 Å². The number of para-hydroxylation sites is 1. The van der Waals surface area contributed by atoms with Crippen LogP contribution >= 0.6 is 27.3 Å². The van der Waals surface area contributed by atoms with Gasteiger partial charge in [-0.05, 0) is 33.6 Å². The summed E-state index contributed by atoms with van der Waals surface area (Å²) in [6, 6.07) is 10.3. The average Bonchev–Trinajstić information content (AvgIpc) is 2.75. The first-order valence-electron chi connectivity index (χ1n) is 5.25. The van der Waals surface area contributed by atoms with E-state index in [1.807, 2.05) is 29.8 Å². The van der Waals surface area contributed by atoms with E-state index in [2.05, 4.69) is 38.0 Å². The van der Waals surface area contributed by atoms with Crippen LogP contribution in [0.15, 0.2) is 46.5 Å². The smallest absolute Gasteiger partial charge is 0.117 e. The topological polar surface area (TPSA) is 25.8 Å². The van der Waals surface area contributed by atoms with Crippen LogP contribution < -0.4 is 0 Å². The summed E-state index contributed by atoms with van der Waals surface area (Å²) in [5.74, 6) is 0. The summed E-state index contributed by atoms with van der Waals surface area (Å²) in [6.45, 7) is 0. The van der Waals surface area contributed by atoms with Gasteiger partial charge in [0.25, 0.3) is 0 Å². The summed E-state index contributed by atoms with van der Waals surface area (Å²) in [7, 11) is 0. The Morgan fingerprint density at radius 2 is 2.06 bits per heavy atom. The second-order valence-electron chi connectivity index (χ2n) is 3.73. The zero-order valence-electron chi connectivity index (χ0n) is 8.93. The van der Waals surface area contributed by atoms with Crippen molar-refractivity contribution in [1.29, 1.82) is 0 Å². The molecule has 0 atom stereocenters. The summed E-state index contributed by atoms with van der Waals surface area (Å²) in [4.78, 5) is 8.79. The molecule has 2 aromatic heterocycles. The van der Waals surface area contributed by atoms with Crippen LogP contribution in [-0.2, 0) is 6.42 Å². The summed E-state index contributed by atoms with van der Waals surface area (Å²) in [6.07, 6.45) is 2.72. The minimum absolute atomic E-state index is 0.860. The molecule has 2 nitrogen and oxygen atoms in total. The highest BCUT2D eigenvalue weighted by Crippen LogP contribution is 2.22. The van der Waals surface area contributed by atoms with Crippen LogP contribution in [-0.4, -0.2) is 9.97 Å². The van der Waals surface area contributed by atoms with Gasteiger partial charge < -0.3 is 0 Å². The number of hydrogen-bond donors (Lipinski definition) is 0. The van der Waals surface area contributed by atoms with Gasteiger partial charge >= 0.3 is 0 Å². The van der Waals surface area contributed by atoms with Gasteiger partial charge in [-0.15, -0.1) is 11.3 Å². The zero-order chi connectivity index (χ0) is 11.7. The fourth-order valence-electron chi connectivity index (χ4n) is 1.84. The van der Waals surface area contributed by atoms with Gasteiger partial charge in [-0.1, -0.05) is 18.2 Å². The van der Waals surface area contributed by atoms with Crippen molar-refractivity contribution in [3.63, 3.8) is 0 Å². The maximum Gasteiger partial charge on any atom is 0.117 e. The van der Waals surface area contributed by atoms with Gasteiger partial charge in [0.1, 0.15) is 4.60 Å². The normalized spacial score (nSPS) is 10.9. The van der Waals surface area contributed by atoms with Crippen LogP contribution in [0.3, 0.4) is 0 Å². The molecule has 3 aromatic rings. The molecule has 0 N–H and O–H groups in total. The third kappa shape index (κ3) is 2.23. The summed E-state index contributed by atoms with van der Waals surface area (Å²) in [5.41, 5.74) is 2.32. The maximum atomic E-state index is 4.43. The molecule has 0 unspecified atom stereocenters. The average molecular weight is 305 g/mol. The zero-order valence-corrected chi connectivity index (χ0v) is 11.3. The van der Waals surface area contributed by atoms with E-state index in [1.165, 1.54) is 10.9 Å². The van der Waals surface area contributed by atoms with Gasteiger partial charge in [0, 0.05) is 23.4 Å². The number of halogens is 1. The summed E-state index contributed by atoms with van der Waals surface area (Å²) >= 11 is 5.06. The first kappa shape index (κ1) is 10.9. The minimum atomic E-state index is 0.860. The first-order valence-corrected chi connectivity index (χ1v) is 6.93. The van der Waals surface area contributed by atoms with E-state index in [0.717, 1.165) is 21.5 Å². The highest BCUT2D eigenvalue weighted by Gasteiger charge is 2.05. The second-order valence-corrected chi connectivity index (χ2v) is 5.48. The minimum Gasteiger partial charge on any atom is -0.256 e. The molecular formula is C13H9BrN2S. The van der Waals surface area contributed by atoms with Crippen LogP contribution in [0.2, 0.25) is 0 Å². The van der Waals surface area contributed by atoms with Gasteiger partial charge in [0.05, 0.1) is 10.5 Å². The highest BCUT2D eigenvalue weighted by molar-refractivity contribution is 9.10. The Morgan fingerprint density at radius 1 is 1.18 bits per heavy atom. The number of fused-ring (bicyclic) bond motifs is 1. The lowest BCUT2D eigenvalue weighted by atomic mass is 10.1. The van der Waals surface area contributed by atoms with Crippen molar-refractivity contribution < 1.29 is 0 Å². The molecular weight excluding hydrogens is 296 g/mol. The second kappa shape index (κ2) is 4.55. The molecule has 4 heteroatoms. The molecule has 0 amide bonds. The van der Waals surface area contributed by atoms with Crippen LogP contribution in [0.4, 0.5) is 0 Å². The number of thiazole rings is 1. The Morgan fingerprint density at radius 3 is 2.88 bits per heavy atom. The fraction of sp³-hybridized carbons (Fsp3) is 0.0769. The van der Waals surface area contributed by atoms with E-state index in [4.69, 9.17) is 0 Å². The fourth-order valence-corrected chi connectivity index (χ4v) is 3.13. The third-order valence-corrected chi connectivity index (χ3v) is 4.16. The first-order chi connectivity index (χ1) is 8.33. The van der Waals surface area contributed by atoms with Crippen LogP contribution in [0.25, 0.3) is 10.9 Å². The van der Waals surface area contributed by atoms with Crippen molar-refractivity contribution >= 4 is 38.2 Å². The Labute approximate surface area is 111 Å². The van der Waals surface area contributed by atoms with E-state index >= 15 is 0 Å². The molecule has 0 saturated carbocycles.